The lowest BCUT2D eigenvalue weighted by atomic mass is 9.97. The zero-order valence-corrected chi connectivity index (χ0v) is 15.1. The van der Waals surface area contributed by atoms with Crippen molar-refractivity contribution in [3.8, 4) is 0 Å². The van der Waals surface area contributed by atoms with Gasteiger partial charge in [-0.05, 0) is 19.8 Å². The van der Waals surface area contributed by atoms with Gasteiger partial charge in [0.2, 0.25) is 0 Å². The summed E-state index contributed by atoms with van der Waals surface area (Å²) in [4.78, 5) is 11.8. The van der Waals surface area contributed by atoms with Crippen LogP contribution in [0.2, 0.25) is 0 Å². The first-order chi connectivity index (χ1) is 11.3. The Balaban J connectivity index is 2.93. The summed E-state index contributed by atoms with van der Waals surface area (Å²) in [5.41, 5.74) is 6.66. The molecule has 1 heterocycles. The molecule has 0 bridgehead atoms. The van der Waals surface area contributed by atoms with E-state index in [9.17, 15) is 15.0 Å². The monoisotopic (exact) mass is 341 g/mol. The highest BCUT2D eigenvalue weighted by Gasteiger charge is 2.35. The molecule has 1 saturated heterocycles. The molecule has 0 aromatic heterocycles. The Morgan fingerprint density at radius 2 is 2.00 bits per heavy atom. The van der Waals surface area contributed by atoms with E-state index in [1.54, 1.807) is 13.8 Å². The Labute approximate surface area is 144 Å². The van der Waals surface area contributed by atoms with Crippen LogP contribution in [-0.4, -0.2) is 46.6 Å². The van der Waals surface area contributed by atoms with Gasteiger partial charge in [0.25, 0.3) is 0 Å². The van der Waals surface area contributed by atoms with Gasteiger partial charge in [0, 0.05) is 24.5 Å². The first-order valence-corrected chi connectivity index (χ1v) is 8.65. The molecule has 1 rings (SSSR count). The lowest BCUT2D eigenvalue weighted by molar-refractivity contribution is -0.234. The summed E-state index contributed by atoms with van der Waals surface area (Å²) in [5, 5.41) is 20.3. The van der Waals surface area contributed by atoms with Crippen molar-refractivity contribution in [1.29, 1.82) is 0 Å². The van der Waals surface area contributed by atoms with Crippen molar-refractivity contribution >= 4 is 5.78 Å². The third-order valence-corrected chi connectivity index (χ3v) is 4.45. The summed E-state index contributed by atoms with van der Waals surface area (Å²) >= 11 is 0. The molecule has 1 aliphatic heterocycles. The molecule has 5 atom stereocenters. The fourth-order valence-electron chi connectivity index (χ4n) is 2.87. The Bertz CT molecular complexity index is 476. The van der Waals surface area contributed by atoms with E-state index in [4.69, 9.17) is 15.2 Å². The molecule has 4 N–H and O–H groups in total. The zero-order valence-electron chi connectivity index (χ0n) is 15.1. The van der Waals surface area contributed by atoms with Gasteiger partial charge in [0.1, 0.15) is 5.76 Å². The number of carbonyl (C=O) groups excluding carboxylic acids is 1. The molecule has 6 heteroatoms. The van der Waals surface area contributed by atoms with E-state index >= 15 is 0 Å². The van der Waals surface area contributed by atoms with Crippen LogP contribution in [0.3, 0.4) is 0 Å². The fourth-order valence-corrected chi connectivity index (χ4v) is 2.87. The number of Topliss-reactive ketones (excluding diaryl/α,β-unsaturated/α-hetero) is 1. The Kier molecular flexibility index (Phi) is 8.09. The summed E-state index contributed by atoms with van der Waals surface area (Å²) in [5.74, 6) is -0.287. The molecule has 138 valence electrons. The van der Waals surface area contributed by atoms with Crippen LogP contribution in [0.5, 0.6) is 0 Å². The number of nitrogens with two attached hydrogens (primary N) is 1. The van der Waals surface area contributed by atoms with Crippen LogP contribution >= 0.6 is 0 Å². The van der Waals surface area contributed by atoms with Crippen LogP contribution < -0.4 is 5.73 Å². The lowest BCUT2D eigenvalue weighted by Crippen LogP contribution is -2.52. The maximum atomic E-state index is 11.8. The van der Waals surface area contributed by atoms with Crippen LogP contribution in [0.1, 0.15) is 53.4 Å². The quantitative estimate of drug-likeness (QED) is 0.356. The van der Waals surface area contributed by atoms with Crippen LogP contribution in [-0.2, 0) is 14.3 Å². The average molecular weight is 341 g/mol. The van der Waals surface area contributed by atoms with Crippen molar-refractivity contribution in [2.24, 2.45) is 5.73 Å². The van der Waals surface area contributed by atoms with Crippen molar-refractivity contribution in [3.63, 3.8) is 0 Å². The largest absolute Gasteiger partial charge is 0.507 e. The number of rotatable bonds is 8. The van der Waals surface area contributed by atoms with Gasteiger partial charge in [-0.3, -0.25) is 4.79 Å². The maximum absolute atomic E-state index is 11.8. The molecule has 6 nitrogen and oxygen atoms in total. The van der Waals surface area contributed by atoms with Gasteiger partial charge in [0.05, 0.1) is 23.9 Å². The van der Waals surface area contributed by atoms with E-state index in [1.165, 1.54) is 0 Å². The van der Waals surface area contributed by atoms with Crippen molar-refractivity contribution in [2.45, 2.75) is 84.0 Å². The van der Waals surface area contributed by atoms with E-state index in [0.717, 1.165) is 0 Å². The topological polar surface area (TPSA) is 102 Å². The van der Waals surface area contributed by atoms with Crippen molar-refractivity contribution in [2.75, 3.05) is 0 Å². The summed E-state index contributed by atoms with van der Waals surface area (Å²) in [6.07, 6.45) is -0.326. The molecular formula is C18H31NO5. The van der Waals surface area contributed by atoms with Gasteiger partial charge in [-0.15, -0.1) is 0 Å². The molecule has 1 fully saturated rings. The van der Waals surface area contributed by atoms with Gasteiger partial charge in [0.15, 0.2) is 12.1 Å². The number of aliphatic hydroxyl groups excluding tert-OH is 2. The van der Waals surface area contributed by atoms with E-state index in [-0.39, 0.29) is 23.5 Å². The first kappa shape index (κ1) is 20.8. The smallest absolute Gasteiger partial charge is 0.165 e. The minimum atomic E-state index is -0.721. The van der Waals surface area contributed by atoms with Crippen LogP contribution in [0.25, 0.3) is 0 Å². The molecule has 0 aromatic carbocycles. The highest BCUT2D eigenvalue weighted by molar-refractivity contribution is 5.98. The number of ketones is 1. The Morgan fingerprint density at radius 1 is 1.38 bits per heavy atom. The number of hydrogen-bond donors (Lipinski definition) is 3. The fraction of sp³-hybridized carbons (Fsp3) is 0.722. The Morgan fingerprint density at radius 3 is 2.46 bits per heavy atom. The SMILES string of the molecule is C=C(C(=O)CC)/C(O)=C(\CC)[C@@H](CC)O[C@@H]1C[C@@H](N)[C@@H](O)[C@@H](C)O1. The summed E-state index contributed by atoms with van der Waals surface area (Å²) in [7, 11) is 0. The third kappa shape index (κ3) is 4.89. The predicted octanol–water partition coefficient (Wildman–Crippen LogP) is 2.36. The molecule has 0 saturated carbocycles. The minimum Gasteiger partial charge on any atom is -0.507 e. The normalized spacial score (nSPS) is 29.8. The van der Waals surface area contributed by atoms with Crippen LogP contribution in [0, 0.1) is 0 Å². The van der Waals surface area contributed by atoms with Crippen LogP contribution in [0.15, 0.2) is 23.5 Å². The number of aliphatic hydroxyl groups is 2. The average Bonchev–Trinajstić information content (AvgIpc) is 2.57. The molecule has 24 heavy (non-hydrogen) atoms. The zero-order chi connectivity index (χ0) is 18.4. The lowest BCUT2D eigenvalue weighted by Gasteiger charge is -2.37. The van der Waals surface area contributed by atoms with E-state index in [1.807, 2.05) is 13.8 Å². The molecule has 0 unspecified atom stereocenters. The number of ether oxygens (including phenoxy) is 2. The van der Waals surface area contributed by atoms with Gasteiger partial charge >= 0.3 is 0 Å². The molecular weight excluding hydrogens is 310 g/mol. The van der Waals surface area contributed by atoms with Crippen molar-refractivity contribution < 1.29 is 24.5 Å². The van der Waals surface area contributed by atoms with Crippen molar-refractivity contribution in [1.82, 2.24) is 0 Å². The molecule has 0 radical (unpaired) electrons. The number of hydrogen-bond acceptors (Lipinski definition) is 6. The summed E-state index contributed by atoms with van der Waals surface area (Å²) in [6.45, 7) is 11.0. The van der Waals surface area contributed by atoms with Gasteiger partial charge in [-0.25, -0.2) is 0 Å². The van der Waals surface area contributed by atoms with Gasteiger partial charge < -0.3 is 25.4 Å². The third-order valence-electron chi connectivity index (χ3n) is 4.45. The highest BCUT2D eigenvalue weighted by Crippen LogP contribution is 2.27. The maximum Gasteiger partial charge on any atom is 0.165 e. The highest BCUT2D eigenvalue weighted by atomic mass is 16.7. The minimum absolute atomic E-state index is 0.0932. The molecule has 1 aliphatic rings. The second kappa shape index (κ2) is 9.32. The number of carbonyl (C=O) groups is 1. The summed E-state index contributed by atoms with van der Waals surface area (Å²) < 4.78 is 11.6. The molecule has 0 amide bonds. The standard InChI is InChI=1S/C18H31NO5/c1-6-12(17(21)10(4)14(20)7-2)15(8-3)24-16-9-13(19)18(22)11(5)23-16/h11,13,15-16,18,21-22H,4,6-9,19H2,1-3,5H3/b17-12-/t11-,13-,15-,16-,18+/m1/s1. The Hall–Kier alpha value is -1.21. The van der Waals surface area contributed by atoms with E-state index in [2.05, 4.69) is 6.58 Å². The van der Waals surface area contributed by atoms with Gasteiger partial charge in [-0.1, -0.05) is 27.4 Å². The number of allylic oxidation sites excluding steroid dienone is 1. The molecule has 0 aromatic rings. The predicted molar refractivity (Wildman–Crippen MR) is 92.5 cm³/mol. The van der Waals surface area contributed by atoms with Crippen molar-refractivity contribution in [3.05, 3.63) is 23.5 Å². The van der Waals surface area contributed by atoms with E-state index < -0.39 is 30.6 Å². The van der Waals surface area contributed by atoms with Gasteiger partial charge in [-0.2, -0.15) is 0 Å². The second-order valence-electron chi connectivity index (χ2n) is 6.18. The summed E-state index contributed by atoms with van der Waals surface area (Å²) in [6, 6.07) is -0.421. The second-order valence-corrected chi connectivity index (χ2v) is 6.18. The van der Waals surface area contributed by atoms with Crippen LogP contribution in [0.4, 0.5) is 0 Å². The first-order valence-electron chi connectivity index (χ1n) is 8.65. The molecule has 0 aliphatic carbocycles. The van der Waals surface area contributed by atoms with E-state index in [0.29, 0.717) is 24.8 Å². The molecule has 0 spiro atoms.